The third-order valence-electron chi connectivity index (χ3n) is 3.04. The van der Waals surface area contributed by atoms with Crippen LogP contribution in [0.5, 0.6) is 0 Å². The zero-order valence-corrected chi connectivity index (χ0v) is 12.7. The molecular formula is C12H23N3O3S. The largest absolute Gasteiger partial charge is 0.357 e. The predicted octanol–water partition coefficient (Wildman–Crippen LogP) is -0.221. The first kappa shape index (κ1) is 17.9. The lowest BCUT2D eigenvalue weighted by Gasteiger charge is -2.33. The van der Waals surface area contributed by atoms with Crippen LogP contribution in [-0.4, -0.2) is 47.5 Å². The molecule has 0 aliphatic carbocycles. The van der Waals surface area contributed by atoms with Gasteiger partial charge in [0.05, 0.1) is 5.92 Å². The molecule has 0 spiro atoms. The molecule has 0 saturated carbocycles. The topological polar surface area (TPSA) is 92.5 Å². The van der Waals surface area contributed by atoms with Crippen molar-refractivity contribution in [1.29, 1.82) is 0 Å². The number of carbonyl (C=O) groups is 3. The van der Waals surface area contributed by atoms with Gasteiger partial charge in [-0.2, -0.15) is 12.6 Å². The molecule has 0 heterocycles. The molecule has 0 aromatic heterocycles. The van der Waals surface area contributed by atoms with Gasteiger partial charge in [0.15, 0.2) is 0 Å². The summed E-state index contributed by atoms with van der Waals surface area (Å²) in [4.78, 5) is 36.1. The molecule has 0 aromatic carbocycles. The van der Waals surface area contributed by atoms with Crippen molar-refractivity contribution in [3.63, 3.8) is 0 Å². The number of nitrogens with one attached hydrogen (secondary N) is 1. The maximum atomic E-state index is 12.4. The quantitative estimate of drug-likeness (QED) is 0.446. The van der Waals surface area contributed by atoms with Gasteiger partial charge in [-0.05, 0) is 6.42 Å². The third-order valence-corrected chi connectivity index (χ3v) is 3.35. The Morgan fingerprint density at radius 2 is 2.00 bits per heavy atom. The van der Waals surface area contributed by atoms with E-state index < -0.39 is 28.5 Å². The molecule has 0 bridgehead atoms. The van der Waals surface area contributed by atoms with E-state index in [0.29, 0.717) is 12.8 Å². The molecule has 0 radical (unpaired) electrons. The fraction of sp³-hybridized carbons (Fsp3) is 0.750. The normalized spacial score (nSPS) is 14.4. The van der Waals surface area contributed by atoms with Gasteiger partial charge in [-0.25, -0.2) is 0 Å². The molecule has 2 unspecified atom stereocenters. The van der Waals surface area contributed by atoms with Crippen LogP contribution < -0.4 is 11.1 Å². The average Bonchev–Trinajstić information content (AvgIpc) is 2.33. The number of likely N-dealkylation sites (N-methyl/N-ethyl adjacent to an activating group) is 1. The van der Waals surface area contributed by atoms with E-state index in [1.807, 2.05) is 6.92 Å². The van der Waals surface area contributed by atoms with Crippen LogP contribution in [0, 0.1) is 5.92 Å². The number of hydrogen-bond acceptors (Lipinski definition) is 5. The zero-order chi connectivity index (χ0) is 15.2. The number of thiol groups is 1. The van der Waals surface area contributed by atoms with Crippen molar-refractivity contribution in [2.45, 2.75) is 38.0 Å². The lowest BCUT2D eigenvalue weighted by molar-refractivity contribution is -0.149. The summed E-state index contributed by atoms with van der Waals surface area (Å²) in [5.41, 5.74) is 5.48. The Balaban J connectivity index is 5.28. The van der Waals surface area contributed by atoms with E-state index in [9.17, 15) is 14.4 Å². The lowest BCUT2D eigenvalue weighted by Crippen LogP contribution is -2.55. The first-order valence-corrected chi connectivity index (χ1v) is 6.60. The smallest absolute Gasteiger partial charge is 0.244 e. The summed E-state index contributed by atoms with van der Waals surface area (Å²) in [7, 11) is 1.43. The maximum Gasteiger partial charge on any atom is 0.244 e. The van der Waals surface area contributed by atoms with Crippen LogP contribution >= 0.6 is 12.6 Å². The highest BCUT2D eigenvalue weighted by atomic mass is 32.1. The zero-order valence-electron chi connectivity index (χ0n) is 11.8. The Morgan fingerprint density at radius 1 is 1.47 bits per heavy atom. The second kappa shape index (κ2) is 7.49. The number of nitrogens with zero attached hydrogens (tertiary/aromatic N) is 1. The van der Waals surface area contributed by atoms with Crippen molar-refractivity contribution < 1.29 is 14.4 Å². The lowest BCUT2D eigenvalue weighted by atomic mass is 9.90. The van der Waals surface area contributed by atoms with Crippen molar-refractivity contribution in [3.8, 4) is 0 Å². The molecule has 0 aliphatic rings. The molecule has 3 amide bonds. The molecule has 2 atom stereocenters. The van der Waals surface area contributed by atoms with Crippen molar-refractivity contribution >= 4 is 30.9 Å². The van der Waals surface area contributed by atoms with Crippen LogP contribution in [-0.2, 0) is 14.4 Å². The first-order chi connectivity index (χ1) is 8.74. The van der Waals surface area contributed by atoms with Gasteiger partial charge < -0.3 is 11.1 Å². The SMILES string of the molecule is CCC(C(=O)N(C=O)C(CN)C(=O)NC)C(C)(C)S. The second-order valence-electron chi connectivity index (χ2n) is 4.83. The molecule has 3 N–H and O–H groups in total. The highest BCUT2D eigenvalue weighted by Gasteiger charge is 2.37. The van der Waals surface area contributed by atoms with Gasteiger partial charge in [-0.3, -0.25) is 19.3 Å². The van der Waals surface area contributed by atoms with Crippen LogP contribution in [0.25, 0.3) is 0 Å². The molecule has 0 aliphatic heterocycles. The number of amides is 3. The molecular weight excluding hydrogens is 266 g/mol. The van der Waals surface area contributed by atoms with E-state index >= 15 is 0 Å². The molecule has 0 fully saturated rings. The van der Waals surface area contributed by atoms with Gasteiger partial charge in [-0.1, -0.05) is 20.8 Å². The van der Waals surface area contributed by atoms with Gasteiger partial charge in [-0.15, -0.1) is 0 Å². The Hall–Kier alpha value is -1.08. The monoisotopic (exact) mass is 289 g/mol. The van der Waals surface area contributed by atoms with Gasteiger partial charge >= 0.3 is 0 Å². The molecule has 0 rings (SSSR count). The summed E-state index contributed by atoms with van der Waals surface area (Å²) in [5.74, 6) is -1.37. The summed E-state index contributed by atoms with van der Waals surface area (Å²) in [6.07, 6.45) is 0.877. The van der Waals surface area contributed by atoms with Gasteiger partial charge in [0.25, 0.3) is 0 Å². The highest BCUT2D eigenvalue weighted by Crippen LogP contribution is 2.28. The van der Waals surface area contributed by atoms with Crippen LogP contribution in [0.1, 0.15) is 27.2 Å². The number of imide groups is 1. The Labute approximate surface area is 119 Å². The standard InChI is InChI=1S/C12H23N3O3S/c1-5-8(12(2,3)19)11(18)15(7-16)9(6-13)10(17)14-4/h7-9,19H,5-6,13H2,1-4H3,(H,14,17). The third kappa shape index (κ3) is 4.50. The van der Waals surface area contributed by atoms with Crippen LogP contribution in [0.2, 0.25) is 0 Å². The minimum atomic E-state index is -0.986. The molecule has 0 saturated heterocycles. The fourth-order valence-corrected chi connectivity index (χ4v) is 2.24. The predicted molar refractivity (Wildman–Crippen MR) is 76.7 cm³/mol. The molecule has 19 heavy (non-hydrogen) atoms. The van der Waals surface area contributed by atoms with Gasteiger partial charge in [0.2, 0.25) is 18.2 Å². The van der Waals surface area contributed by atoms with E-state index in [1.54, 1.807) is 13.8 Å². The summed E-state index contributed by atoms with van der Waals surface area (Å²) >= 11 is 4.38. The molecule has 0 aromatic rings. The number of carbonyl (C=O) groups excluding carboxylic acids is 3. The maximum absolute atomic E-state index is 12.4. The average molecular weight is 289 g/mol. The van der Waals surface area contributed by atoms with Crippen molar-refractivity contribution in [1.82, 2.24) is 10.2 Å². The van der Waals surface area contributed by atoms with E-state index in [0.717, 1.165) is 4.90 Å². The number of rotatable bonds is 7. The Bertz CT molecular complexity index is 342. The van der Waals surface area contributed by atoms with Crippen LogP contribution in [0.15, 0.2) is 0 Å². The van der Waals surface area contributed by atoms with E-state index in [2.05, 4.69) is 17.9 Å². The Kier molecular flexibility index (Phi) is 7.07. The first-order valence-electron chi connectivity index (χ1n) is 6.16. The Morgan fingerprint density at radius 3 is 2.26 bits per heavy atom. The number of hydrogen-bond donors (Lipinski definition) is 3. The van der Waals surface area contributed by atoms with Crippen molar-refractivity contribution in [2.24, 2.45) is 11.7 Å². The molecule has 110 valence electrons. The number of nitrogens with two attached hydrogens (primary N) is 1. The highest BCUT2D eigenvalue weighted by molar-refractivity contribution is 7.81. The van der Waals surface area contributed by atoms with Crippen molar-refractivity contribution in [2.75, 3.05) is 13.6 Å². The minimum Gasteiger partial charge on any atom is -0.357 e. The minimum absolute atomic E-state index is 0.117. The van der Waals surface area contributed by atoms with E-state index in [-0.39, 0.29) is 6.54 Å². The summed E-state index contributed by atoms with van der Waals surface area (Å²) in [5, 5.41) is 2.39. The van der Waals surface area contributed by atoms with E-state index in [4.69, 9.17) is 5.73 Å². The summed E-state index contributed by atoms with van der Waals surface area (Å²) in [6.45, 7) is 5.31. The fourth-order valence-electron chi connectivity index (χ4n) is 1.95. The summed E-state index contributed by atoms with van der Waals surface area (Å²) in [6, 6.07) is -0.986. The molecule has 6 nitrogen and oxygen atoms in total. The van der Waals surface area contributed by atoms with Gasteiger partial charge in [0.1, 0.15) is 6.04 Å². The van der Waals surface area contributed by atoms with Gasteiger partial charge in [0, 0.05) is 18.3 Å². The molecule has 7 heteroatoms. The van der Waals surface area contributed by atoms with Crippen LogP contribution in [0.3, 0.4) is 0 Å². The summed E-state index contributed by atoms with van der Waals surface area (Å²) < 4.78 is -0.588. The van der Waals surface area contributed by atoms with Crippen molar-refractivity contribution in [3.05, 3.63) is 0 Å². The van der Waals surface area contributed by atoms with Crippen LogP contribution in [0.4, 0.5) is 0 Å². The second-order valence-corrected chi connectivity index (χ2v) is 5.98. The van der Waals surface area contributed by atoms with E-state index in [1.165, 1.54) is 7.05 Å².